The fourth-order valence-electron chi connectivity index (χ4n) is 2.96. The van der Waals surface area contributed by atoms with Crippen molar-refractivity contribution in [3.8, 4) is 6.07 Å². The second-order valence-corrected chi connectivity index (χ2v) is 6.38. The minimum Gasteiger partial charge on any atom is -0.367 e. The number of anilines is 1. The summed E-state index contributed by atoms with van der Waals surface area (Å²) < 4.78 is 13.8. The van der Waals surface area contributed by atoms with Crippen molar-refractivity contribution in [2.75, 3.05) is 31.1 Å². The van der Waals surface area contributed by atoms with Gasteiger partial charge in [0.25, 0.3) is 0 Å². The maximum Gasteiger partial charge on any atom is 0.317 e. The summed E-state index contributed by atoms with van der Waals surface area (Å²) in [6, 6.07) is 13.7. The molecule has 7 heteroatoms. The fraction of sp³-hybridized carbons (Fsp3) is 0.263. The first-order valence-corrected chi connectivity index (χ1v) is 8.67. The minimum atomic E-state index is -0.523. The molecule has 1 aliphatic heterocycles. The number of amides is 2. The highest BCUT2D eigenvalue weighted by atomic mass is 35.5. The van der Waals surface area contributed by atoms with Crippen LogP contribution in [-0.4, -0.2) is 37.1 Å². The first kappa shape index (κ1) is 18.0. The zero-order chi connectivity index (χ0) is 18.5. The van der Waals surface area contributed by atoms with E-state index >= 15 is 0 Å². The number of benzene rings is 2. The third-order valence-electron chi connectivity index (χ3n) is 4.40. The van der Waals surface area contributed by atoms with E-state index in [9.17, 15) is 9.18 Å². The lowest BCUT2D eigenvalue weighted by molar-refractivity contribution is 0.194. The van der Waals surface area contributed by atoms with Crippen LogP contribution in [0.2, 0.25) is 5.02 Å². The summed E-state index contributed by atoms with van der Waals surface area (Å²) in [5.74, 6) is -0.523. The van der Waals surface area contributed by atoms with Gasteiger partial charge < -0.3 is 15.1 Å². The normalized spacial score (nSPS) is 14.0. The van der Waals surface area contributed by atoms with Crippen LogP contribution < -0.4 is 10.2 Å². The van der Waals surface area contributed by atoms with E-state index in [-0.39, 0.29) is 11.6 Å². The Kier molecular flexibility index (Phi) is 5.59. The average Bonchev–Trinajstić information content (AvgIpc) is 2.67. The number of carbonyl (C=O) groups is 1. The molecule has 0 aliphatic carbocycles. The van der Waals surface area contributed by atoms with Gasteiger partial charge in [0.2, 0.25) is 0 Å². The number of nitrogens with zero attached hydrogens (tertiary/aromatic N) is 3. The van der Waals surface area contributed by atoms with Crippen molar-refractivity contribution in [1.29, 1.82) is 5.26 Å². The highest BCUT2D eigenvalue weighted by molar-refractivity contribution is 6.31. The van der Waals surface area contributed by atoms with Gasteiger partial charge in [-0.3, -0.25) is 0 Å². The van der Waals surface area contributed by atoms with Crippen LogP contribution in [0.5, 0.6) is 0 Å². The Morgan fingerprint density at radius 2 is 1.88 bits per heavy atom. The molecule has 2 amide bonds. The summed E-state index contributed by atoms with van der Waals surface area (Å²) in [5.41, 5.74) is 1.48. The minimum absolute atomic E-state index is 0.0455. The highest BCUT2D eigenvalue weighted by Crippen LogP contribution is 2.23. The van der Waals surface area contributed by atoms with Gasteiger partial charge in [-0.25, -0.2) is 9.18 Å². The van der Waals surface area contributed by atoms with Gasteiger partial charge in [-0.2, -0.15) is 5.26 Å². The van der Waals surface area contributed by atoms with E-state index in [0.29, 0.717) is 43.4 Å². The first-order chi connectivity index (χ1) is 12.6. The maximum atomic E-state index is 13.8. The van der Waals surface area contributed by atoms with E-state index in [2.05, 4.69) is 5.32 Å². The van der Waals surface area contributed by atoms with Gasteiger partial charge in [0.05, 0.1) is 5.69 Å². The zero-order valence-corrected chi connectivity index (χ0v) is 14.8. The molecule has 1 N–H and O–H groups in total. The van der Waals surface area contributed by atoms with Crippen LogP contribution in [0.25, 0.3) is 0 Å². The molecule has 0 saturated carbocycles. The predicted molar refractivity (Wildman–Crippen MR) is 98.6 cm³/mol. The zero-order valence-electron chi connectivity index (χ0n) is 14.1. The Morgan fingerprint density at radius 1 is 1.15 bits per heavy atom. The van der Waals surface area contributed by atoms with Gasteiger partial charge in [-0.05, 0) is 23.8 Å². The van der Waals surface area contributed by atoms with E-state index in [0.717, 1.165) is 5.56 Å². The molecular weight excluding hydrogens is 355 g/mol. The lowest BCUT2D eigenvalue weighted by atomic mass is 10.1. The molecule has 0 spiro atoms. The highest BCUT2D eigenvalue weighted by Gasteiger charge is 2.23. The summed E-state index contributed by atoms with van der Waals surface area (Å²) in [4.78, 5) is 16.0. The molecule has 0 bridgehead atoms. The van der Waals surface area contributed by atoms with Gasteiger partial charge in [0, 0.05) is 37.7 Å². The SMILES string of the molecule is N#Cc1c(F)cccc1N1CCN(C(=O)NCc2ccccc2Cl)CC1. The van der Waals surface area contributed by atoms with E-state index in [4.69, 9.17) is 16.9 Å². The number of hydrogen-bond acceptors (Lipinski definition) is 3. The van der Waals surface area contributed by atoms with E-state index in [1.165, 1.54) is 6.07 Å². The first-order valence-electron chi connectivity index (χ1n) is 8.30. The van der Waals surface area contributed by atoms with Crippen LogP contribution in [0.4, 0.5) is 14.9 Å². The molecule has 3 rings (SSSR count). The van der Waals surface area contributed by atoms with Crippen molar-refractivity contribution in [1.82, 2.24) is 10.2 Å². The van der Waals surface area contributed by atoms with Crippen LogP contribution in [0.3, 0.4) is 0 Å². The van der Waals surface area contributed by atoms with E-state index in [1.807, 2.05) is 29.2 Å². The average molecular weight is 373 g/mol. The quantitative estimate of drug-likeness (QED) is 0.898. The molecule has 1 heterocycles. The molecular formula is C19H18ClFN4O. The smallest absolute Gasteiger partial charge is 0.317 e. The predicted octanol–water partition coefficient (Wildman–Crippen LogP) is 3.38. The van der Waals surface area contributed by atoms with Gasteiger partial charge in [0.15, 0.2) is 0 Å². The molecule has 0 atom stereocenters. The fourth-order valence-corrected chi connectivity index (χ4v) is 3.16. The molecule has 0 unspecified atom stereocenters. The lowest BCUT2D eigenvalue weighted by Crippen LogP contribution is -2.51. The monoisotopic (exact) mass is 372 g/mol. The number of piperazine rings is 1. The van der Waals surface area contributed by atoms with Crippen molar-refractivity contribution in [2.24, 2.45) is 0 Å². The van der Waals surface area contributed by atoms with Crippen molar-refractivity contribution in [3.63, 3.8) is 0 Å². The Hall–Kier alpha value is -2.78. The number of hydrogen-bond donors (Lipinski definition) is 1. The molecule has 1 aliphatic rings. The third kappa shape index (κ3) is 3.89. The van der Waals surface area contributed by atoms with Crippen molar-refractivity contribution in [3.05, 3.63) is 64.4 Å². The topological polar surface area (TPSA) is 59.4 Å². The Labute approximate surface area is 156 Å². The number of urea groups is 1. The summed E-state index contributed by atoms with van der Waals surface area (Å²) in [6.07, 6.45) is 0. The molecule has 2 aromatic rings. The number of carbonyl (C=O) groups excluding carboxylic acids is 1. The number of rotatable bonds is 3. The molecule has 134 valence electrons. The van der Waals surface area contributed by atoms with E-state index in [1.54, 1.807) is 23.1 Å². The van der Waals surface area contributed by atoms with Crippen molar-refractivity contribution in [2.45, 2.75) is 6.54 Å². The Balaban J connectivity index is 1.57. The van der Waals surface area contributed by atoms with Crippen LogP contribution >= 0.6 is 11.6 Å². The summed E-state index contributed by atoms with van der Waals surface area (Å²) in [7, 11) is 0. The molecule has 1 saturated heterocycles. The summed E-state index contributed by atoms with van der Waals surface area (Å²) >= 11 is 6.09. The van der Waals surface area contributed by atoms with Crippen LogP contribution in [-0.2, 0) is 6.54 Å². The Bertz CT molecular complexity index is 844. The molecule has 26 heavy (non-hydrogen) atoms. The number of halogens is 2. The largest absolute Gasteiger partial charge is 0.367 e. The maximum absolute atomic E-state index is 13.8. The van der Waals surface area contributed by atoms with E-state index < -0.39 is 5.82 Å². The number of nitriles is 1. The standard InChI is InChI=1S/C19H18ClFN4O/c20-16-5-2-1-4-14(16)13-23-19(26)25-10-8-24(9-11-25)18-7-3-6-17(21)15(18)12-22/h1-7H,8-11,13H2,(H,23,26). The molecule has 0 radical (unpaired) electrons. The van der Waals surface area contributed by atoms with Crippen LogP contribution in [0.1, 0.15) is 11.1 Å². The second kappa shape index (κ2) is 8.07. The summed E-state index contributed by atoms with van der Waals surface area (Å²) in [5, 5.41) is 12.7. The van der Waals surface area contributed by atoms with Gasteiger partial charge in [-0.15, -0.1) is 0 Å². The Morgan fingerprint density at radius 3 is 2.58 bits per heavy atom. The van der Waals surface area contributed by atoms with Crippen LogP contribution in [0, 0.1) is 17.1 Å². The van der Waals surface area contributed by atoms with Crippen molar-refractivity contribution < 1.29 is 9.18 Å². The second-order valence-electron chi connectivity index (χ2n) is 5.97. The van der Waals surface area contributed by atoms with Crippen LogP contribution in [0.15, 0.2) is 42.5 Å². The summed E-state index contributed by atoms with van der Waals surface area (Å²) in [6.45, 7) is 2.43. The lowest BCUT2D eigenvalue weighted by Gasteiger charge is -2.36. The number of nitrogens with one attached hydrogen (secondary N) is 1. The van der Waals surface area contributed by atoms with Gasteiger partial charge >= 0.3 is 6.03 Å². The van der Waals surface area contributed by atoms with Crippen molar-refractivity contribution >= 4 is 23.3 Å². The molecule has 0 aromatic heterocycles. The molecule has 5 nitrogen and oxygen atoms in total. The third-order valence-corrected chi connectivity index (χ3v) is 4.77. The van der Waals surface area contributed by atoms with Gasteiger partial charge in [0.1, 0.15) is 17.4 Å². The molecule has 1 fully saturated rings. The van der Waals surface area contributed by atoms with Gasteiger partial charge in [-0.1, -0.05) is 35.9 Å². The molecule has 2 aromatic carbocycles.